The first kappa shape index (κ1) is 78.4. The van der Waals surface area contributed by atoms with Crippen LogP contribution in [0.15, 0.2) is 40.2 Å². The van der Waals surface area contributed by atoms with Crippen LogP contribution in [0.5, 0.6) is 0 Å². The van der Waals surface area contributed by atoms with E-state index in [2.05, 4.69) is 164 Å². The van der Waals surface area contributed by atoms with E-state index < -0.39 is 0 Å². The highest BCUT2D eigenvalue weighted by Gasteiger charge is 2.32. The minimum atomic E-state index is -0.207. The maximum atomic E-state index is 5.61. The van der Waals surface area contributed by atoms with Crippen LogP contribution >= 0.6 is 94.1 Å². The standard InChI is InChI=1S/C68H104N22S8/c1-19-85(20-2)31-37-91-59-60(92-38-32-86(21-3)22-4)70-44-43(69-59)51-77-52(44)79-54-46-48(74-64(96-42-36-90(29-11)30-12)62(72-46)94-40-34-88(25-7)26-8)56(81-54)83-58-50-49(75-65(97-67(13,14)15)66(76-50)98-68(16,17)18)57(84-58)82-55-47-45(53(78-51)80-55)71-61(93-39-33-87(23-5)24-6)63(73-47)95-41-35-89(27-9)28-10/h19-42H2,1-18H3,(H2,77,78,79,80,81,82,83,84). The summed E-state index contributed by atoms with van der Waals surface area (Å²) in [6.07, 6.45) is 0. The molecule has 0 unspecified atom stereocenters. The maximum absolute atomic E-state index is 5.61. The zero-order chi connectivity index (χ0) is 70.3. The largest absolute Gasteiger partial charge is 0.321 e. The van der Waals surface area contributed by atoms with Crippen molar-refractivity contribution in [2.75, 3.05) is 152 Å². The molecule has 0 amide bonds. The van der Waals surface area contributed by atoms with Gasteiger partial charge < -0.3 is 39.4 Å². The number of hydrogen-bond donors (Lipinski definition) is 2. The first-order valence-corrected chi connectivity index (χ1v) is 42.8. The summed E-state index contributed by atoms with van der Waals surface area (Å²) in [6, 6.07) is 0. The van der Waals surface area contributed by atoms with Gasteiger partial charge in [0.2, 0.25) is 0 Å². The second-order valence-corrected chi connectivity index (χ2v) is 35.5. The summed E-state index contributed by atoms with van der Waals surface area (Å²) < 4.78 is -0.414. The molecule has 0 aromatic carbocycles. The molecule has 0 saturated heterocycles. The van der Waals surface area contributed by atoms with Crippen LogP contribution in [-0.2, 0) is 0 Å². The average molecular weight is 1490 g/mol. The fourth-order valence-electron chi connectivity index (χ4n) is 11.0. The van der Waals surface area contributed by atoms with Gasteiger partial charge in [-0.15, -0.1) is 70.6 Å². The van der Waals surface area contributed by atoms with Gasteiger partial charge in [0.1, 0.15) is 85.1 Å². The van der Waals surface area contributed by atoms with E-state index in [-0.39, 0.29) is 9.49 Å². The number of aromatic amines is 2. The minimum absolute atomic E-state index is 0.207. The highest BCUT2D eigenvalue weighted by Crippen LogP contribution is 2.44. The topological polar surface area (TPSA) is 231 Å². The lowest BCUT2D eigenvalue weighted by molar-refractivity contribution is 0.323. The molecule has 0 spiro atoms. The van der Waals surface area contributed by atoms with E-state index in [4.69, 9.17) is 69.8 Å². The number of rotatable bonds is 38. The van der Waals surface area contributed by atoms with Crippen molar-refractivity contribution in [1.82, 2.24) is 109 Å². The van der Waals surface area contributed by atoms with Gasteiger partial charge in [0.15, 0.2) is 45.9 Å². The number of nitrogens with zero attached hydrogens (tertiary/aromatic N) is 20. The van der Waals surface area contributed by atoms with Crippen molar-refractivity contribution in [3.63, 3.8) is 0 Å². The molecule has 0 fully saturated rings. The van der Waals surface area contributed by atoms with Crippen LogP contribution < -0.4 is 0 Å². The van der Waals surface area contributed by atoms with Gasteiger partial charge in [0.25, 0.3) is 0 Å². The summed E-state index contributed by atoms with van der Waals surface area (Å²) in [5.74, 6) is 6.25. The molecule has 0 saturated carbocycles. The predicted octanol–water partition coefficient (Wildman–Crippen LogP) is 14.4. The van der Waals surface area contributed by atoms with Gasteiger partial charge in [-0.3, -0.25) is 0 Å². The van der Waals surface area contributed by atoms with Gasteiger partial charge in [0, 0.05) is 83.3 Å². The number of thioether (sulfide) groups is 8. The van der Waals surface area contributed by atoms with Gasteiger partial charge in [0.05, 0.1) is 0 Å². The third-order valence-corrected chi connectivity index (χ3v) is 25.3. The summed E-state index contributed by atoms with van der Waals surface area (Å²) in [5.41, 5.74) is 5.83. The van der Waals surface area contributed by atoms with Gasteiger partial charge >= 0.3 is 0 Å². The molecule has 22 nitrogen and oxygen atoms in total. The van der Waals surface area contributed by atoms with Gasteiger partial charge in [-0.1, -0.05) is 148 Å². The Morgan fingerprint density at radius 1 is 0.245 bits per heavy atom. The van der Waals surface area contributed by atoms with Crippen molar-refractivity contribution in [2.45, 2.75) is 174 Å². The molecular weight excluding hydrogens is 1380 g/mol. The number of aromatic nitrogens is 16. The van der Waals surface area contributed by atoms with E-state index in [9.17, 15) is 0 Å². The molecule has 98 heavy (non-hydrogen) atoms. The van der Waals surface area contributed by atoms with Crippen LogP contribution in [0.2, 0.25) is 0 Å². The highest BCUT2D eigenvalue weighted by molar-refractivity contribution is 8.04. The molecule has 9 rings (SSSR count). The Bertz CT molecular complexity index is 3700. The van der Waals surface area contributed by atoms with Crippen LogP contribution in [0.3, 0.4) is 0 Å². The highest BCUT2D eigenvalue weighted by atomic mass is 32.2. The molecule has 0 radical (unpaired) electrons. The van der Waals surface area contributed by atoms with Crippen LogP contribution in [-0.4, -0.2) is 271 Å². The third-order valence-electron chi connectivity index (χ3n) is 16.9. The zero-order valence-electron chi connectivity index (χ0n) is 61.2. The molecule has 9 heterocycles. The minimum Gasteiger partial charge on any atom is -0.321 e. The molecule has 2 aliphatic heterocycles. The lowest BCUT2D eigenvalue weighted by Gasteiger charge is -2.22. The zero-order valence-corrected chi connectivity index (χ0v) is 67.7. The first-order valence-electron chi connectivity index (χ1n) is 35.2. The van der Waals surface area contributed by atoms with E-state index in [0.29, 0.717) is 90.7 Å². The second kappa shape index (κ2) is 37.1. The Morgan fingerprint density at radius 3 is 0.612 bits per heavy atom. The van der Waals surface area contributed by atoms with Crippen LogP contribution in [0.1, 0.15) is 125 Å². The molecule has 0 atom stereocenters. The number of nitrogens with one attached hydrogen (secondary N) is 2. The Kier molecular flexibility index (Phi) is 29.7. The average Bonchev–Trinajstić information content (AvgIpc) is 1.59. The molecule has 2 aliphatic rings. The normalized spacial score (nSPS) is 12.8. The van der Waals surface area contributed by atoms with E-state index in [1.807, 2.05) is 0 Å². The van der Waals surface area contributed by atoms with E-state index >= 15 is 0 Å². The van der Waals surface area contributed by atoms with Crippen molar-refractivity contribution >= 4 is 139 Å². The van der Waals surface area contributed by atoms with Gasteiger partial charge in [-0.25, -0.2) is 69.8 Å². The van der Waals surface area contributed by atoms with Crippen LogP contribution in [0, 0.1) is 0 Å². The van der Waals surface area contributed by atoms with Crippen molar-refractivity contribution in [1.29, 1.82) is 0 Å². The first-order chi connectivity index (χ1) is 47.2. The molecule has 2 N–H and O–H groups in total. The molecule has 534 valence electrons. The van der Waals surface area contributed by atoms with E-state index in [1.165, 1.54) is 0 Å². The third kappa shape index (κ3) is 20.4. The second-order valence-electron chi connectivity index (χ2n) is 25.4. The SMILES string of the molecule is CCN(CC)CCSc1nc2c(nc1SCCN(CC)CC)-c1nc-2nc2[nH]c(nc3nc(nc4[nH]c(n1)c1nc(SC(C)(C)C)c(SC(C)(C)C)nc41)-c1nc(SCCN(CC)CC)c(SCCN(CC)CC)nc1-3)c1nc(SCCN(CC)CC)c(SCCN(CC)CC)nc21. The Labute approximate surface area is 615 Å². The lowest BCUT2D eigenvalue weighted by Crippen LogP contribution is -2.25. The molecule has 30 heteroatoms. The molecule has 8 bridgehead atoms. The quantitative estimate of drug-likeness (QED) is 0.0343. The Hall–Kier alpha value is -3.76. The van der Waals surface area contributed by atoms with E-state index in [0.717, 1.165) is 193 Å². The van der Waals surface area contributed by atoms with Crippen molar-refractivity contribution in [2.24, 2.45) is 0 Å². The predicted molar refractivity (Wildman–Crippen MR) is 421 cm³/mol. The Balaban J connectivity index is 1.41. The number of fused-ring (bicyclic) bond motifs is 20. The van der Waals surface area contributed by atoms with Crippen molar-refractivity contribution in [3.05, 3.63) is 0 Å². The monoisotopic (exact) mass is 1480 g/mol. The lowest BCUT2D eigenvalue weighted by atomic mass is 10.3. The van der Waals surface area contributed by atoms with Crippen LogP contribution in [0.4, 0.5) is 0 Å². The van der Waals surface area contributed by atoms with Gasteiger partial charge in [-0.2, -0.15) is 0 Å². The summed E-state index contributed by atoms with van der Waals surface area (Å²) in [5, 5.41) is 6.55. The Morgan fingerprint density at radius 2 is 0.429 bits per heavy atom. The summed E-state index contributed by atoms with van der Waals surface area (Å²) >= 11 is 13.7. The summed E-state index contributed by atoms with van der Waals surface area (Å²) in [6.45, 7) is 56.7. The van der Waals surface area contributed by atoms with Crippen LogP contribution in [0.25, 0.3) is 90.7 Å². The smallest absolute Gasteiger partial charge is 0.184 e. The molecule has 7 aromatic rings. The summed E-state index contributed by atoms with van der Waals surface area (Å²) in [7, 11) is 0. The van der Waals surface area contributed by atoms with Crippen molar-refractivity contribution < 1.29 is 0 Å². The fraction of sp³-hybridized carbons (Fsp3) is 0.647. The maximum Gasteiger partial charge on any atom is 0.184 e. The molecule has 7 aromatic heterocycles. The number of hydrogen-bond acceptors (Lipinski definition) is 28. The fourth-order valence-corrected chi connectivity index (χ4v) is 19.2. The summed E-state index contributed by atoms with van der Waals surface area (Å²) in [4.78, 5) is 99.5. The molecule has 0 aliphatic carbocycles. The van der Waals surface area contributed by atoms with Crippen molar-refractivity contribution in [3.8, 4) is 46.1 Å². The van der Waals surface area contributed by atoms with Gasteiger partial charge in [-0.05, 0) is 78.5 Å². The molecular formula is C68H104N22S8. The van der Waals surface area contributed by atoms with E-state index in [1.54, 1.807) is 94.1 Å². The number of H-pyrrole nitrogens is 2.